The number of cyclic esters (lactones) is 1. The molecule has 0 unspecified atom stereocenters. The summed E-state index contributed by atoms with van der Waals surface area (Å²) in [5, 5.41) is 0. The van der Waals surface area contributed by atoms with Crippen molar-refractivity contribution in [2.75, 3.05) is 0 Å². The van der Waals surface area contributed by atoms with Crippen LogP contribution in [0.1, 0.15) is 32.6 Å². The summed E-state index contributed by atoms with van der Waals surface area (Å²) < 4.78 is 5.34. The van der Waals surface area contributed by atoms with E-state index < -0.39 is 0 Å². The molecule has 1 aliphatic rings. The van der Waals surface area contributed by atoms with Gasteiger partial charge in [0.25, 0.3) is 0 Å². The van der Waals surface area contributed by atoms with E-state index in [1.54, 1.807) is 0 Å². The molecular formula is C17H14O2. The molecule has 0 amide bonds. The lowest BCUT2D eigenvalue weighted by molar-refractivity contribution is 0.0717. The molecule has 19 heavy (non-hydrogen) atoms. The number of aryl methyl sites for hydroxylation is 2. The van der Waals surface area contributed by atoms with Gasteiger partial charge in [-0.15, -0.1) is 0 Å². The number of carbonyl (C=O) groups is 1. The van der Waals surface area contributed by atoms with Gasteiger partial charge in [-0.05, 0) is 31.6 Å². The first-order valence-corrected chi connectivity index (χ1v) is 6.25. The summed E-state index contributed by atoms with van der Waals surface area (Å²) in [6.07, 6.45) is 1.90. The topological polar surface area (TPSA) is 26.3 Å². The molecule has 94 valence electrons. The lowest BCUT2D eigenvalue weighted by Crippen LogP contribution is -1.93. The van der Waals surface area contributed by atoms with E-state index in [2.05, 4.69) is 0 Å². The number of hydrogen-bond donors (Lipinski definition) is 0. The molecule has 0 radical (unpaired) electrons. The van der Waals surface area contributed by atoms with Crippen LogP contribution in [-0.4, -0.2) is 5.97 Å². The van der Waals surface area contributed by atoms with Gasteiger partial charge in [0.2, 0.25) is 0 Å². The quantitative estimate of drug-likeness (QED) is 0.716. The summed E-state index contributed by atoms with van der Waals surface area (Å²) in [6.45, 7) is 4.01. The zero-order valence-corrected chi connectivity index (χ0v) is 10.9. The standard InChI is InChI=1S/C17H14O2/c1-11-3-6-13(7-4-11)10-16-14-8-5-12(2)9-15(14)17(18)19-16/h3-10H,1-2H3. The minimum Gasteiger partial charge on any atom is -0.422 e. The van der Waals surface area contributed by atoms with Crippen molar-refractivity contribution in [2.24, 2.45) is 0 Å². The molecule has 0 fully saturated rings. The second-order valence-corrected chi connectivity index (χ2v) is 4.86. The van der Waals surface area contributed by atoms with Gasteiger partial charge >= 0.3 is 5.97 Å². The van der Waals surface area contributed by atoms with E-state index in [1.807, 2.05) is 62.4 Å². The Bertz CT molecular complexity index is 679. The van der Waals surface area contributed by atoms with Crippen LogP contribution in [0.4, 0.5) is 0 Å². The van der Waals surface area contributed by atoms with Crippen LogP contribution in [0.15, 0.2) is 42.5 Å². The first-order chi connectivity index (χ1) is 9.13. The third kappa shape index (κ3) is 2.17. The molecular weight excluding hydrogens is 236 g/mol. The Morgan fingerprint density at radius 1 is 0.895 bits per heavy atom. The first kappa shape index (κ1) is 11.7. The minimum atomic E-state index is -0.267. The maximum Gasteiger partial charge on any atom is 0.344 e. The van der Waals surface area contributed by atoms with Crippen LogP contribution in [0.25, 0.3) is 11.8 Å². The van der Waals surface area contributed by atoms with Gasteiger partial charge in [-0.3, -0.25) is 0 Å². The number of carbonyl (C=O) groups excluding carboxylic acids is 1. The van der Waals surface area contributed by atoms with Gasteiger partial charge in [-0.1, -0.05) is 47.5 Å². The summed E-state index contributed by atoms with van der Waals surface area (Å²) in [4.78, 5) is 11.8. The Balaban J connectivity index is 2.05. The molecule has 3 rings (SSSR count). The molecule has 2 aromatic rings. The highest BCUT2D eigenvalue weighted by molar-refractivity contribution is 6.05. The van der Waals surface area contributed by atoms with Gasteiger partial charge in [0.1, 0.15) is 5.76 Å². The van der Waals surface area contributed by atoms with E-state index in [0.29, 0.717) is 11.3 Å². The number of rotatable bonds is 1. The summed E-state index contributed by atoms with van der Waals surface area (Å²) in [6, 6.07) is 13.9. The Morgan fingerprint density at radius 2 is 1.58 bits per heavy atom. The highest BCUT2D eigenvalue weighted by Gasteiger charge is 2.26. The van der Waals surface area contributed by atoms with Crippen molar-refractivity contribution in [3.63, 3.8) is 0 Å². The molecule has 0 aromatic heterocycles. The monoisotopic (exact) mass is 250 g/mol. The number of esters is 1. The van der Waals surface area contributed by atoms with Crippen molar-refractivity contribution in [1.82, 2.24) is 0 Å². The highest BCUT2D eigenvalue weighted by Crippen LogP contribution is 2.31. The van der Waals surface area contributed by atoms with Crippen LogP contribution in [-0.2, 0) is 4.74 Å². The van der Waals surface area contributed by atoms with Gasteiger partial charge in [-0.25, -0.2) is 4.79 Å². The van der Waals surface area contributed by atoms with Crippen LogP contribution in [0.3, 0.4) is 0 Å². The fourth-order valence-electron chi connectivity index (χ4n) is 2.17. The van der Waals surface area contributed by atoms with Crippen molar-refractivity contribution in [3.8, 4) is 0 Å². The van der Waals surface area contributed by atoms with Crippen LogP contribution in [0.5, 0.6) is 0 Å². The average molecular weight is 250 g/mol. The molecule has 1 aliphatic heterocycles. The molecule has 2 aromatic carbocycles. The zero-order chi connectivity index (χ0) is 13.4. The summed E-state index contributed by atoms with van der Waals surface area (Å²) in [5.41, 5.74) is 4.82. The smallest absolute Gasteiger partial charge is 0.344 e. The second-order valence-electron chi connectivity index (χ2n) is 4.86. The Labute approximate surface area is 112 Å². The molecule has 2 nitrogen and oxygen atoms in total. The lowest BCUT2D eigenvalue weighted by atomic mass is 10.0. The summed E-state index contributed by atoms with van der Waals surface area (Å²) in [5.74, 6) is 0.362. The van der Waals surface area contributed by atoms with Crippen molar-refractivity contribution in [1.29, 1.82) is 0 Å². The number of fused-ring (bicyclic) bond motifs is 1. The lowest BCUT2D eigenvalue weighted by Gasteiger charge is -2.00. The Hall–Kier alpha value is -2.35. The molecule has 0 saturated heterocycles. The van der Waals surface area contributed by atoms with Gasteiger partial charge in [0, 0.05) is 5.56 Å². The second kappa shape index (κ2) is 4.39. The average Bonchev–Trinajstić information content (AvgIpc) is 2.69. The Kier molecular flexibility index (Phi) is 2.71. The van der Waals surface area contributed by atoms with Crippen LogP contribution in [0.2, 0.25) is 0 Å². The van der Waals surface area contributed by atoms with Crippen molar-refractivity contribution >= 4 is 17.8 Å². The zero-order valence-electron chi connectivity index (χ0n) is 10.9. The van der Waals surface area contributed by atoms with Crippen LogP contribution in [0, 0.1) is 13.8 Å². The highest BCUT2D eigenvalue weighted by atomic mass is 16.5. The third-order valence-corrected chi connectivity index (χ3v) is 3.24. The Morgan fingerprint density at radius 3 is 2.32 bits per heavy atom. The van der Waals surface area contributed by atoms with Crippen molar-refractivity contribution in [2.45, 2.75) is 13.8 Å². The van der Waals surface area contributed by atoms with E-state index >= 15 is 0 Å². The van der Waals surface area contributed by atoms with E-state index in [-0.39, 0.29) is 5.97 Å². The number of hydrogen-bond acceptors (Lipinski definition) is 2. The molecule has 0 N–H and O–H groups in total. The number of ether oxygens (including phenoxy) is 1. The third-order valence-electron chi connectivity index (χ3n) is 3.24. The molecule has 2 heteroatoms. The molecule has 0 atom stereocenters. The van der Waals surface area contributed by atoms with Crippen molar-refractivity contribution < 1.29 is 9.53 Å². The minimum absolute atomic E-state index is 0.267. The molecule has 0 saturated carbocycles. The summed E-state index contributed by atoms with van der Waals surface area (Å²) >= 11 is 0. The van der Waals surface area contributed by atoms with Crippen LogP contribution >= 0.6 is 0 Å². The molecule has 0 spiro atoms. The first-order valence-electron chi connectivity index (χ1n) is 6.25. The normalized spacial score (nSPS) is 15.5. The van der Waals surface area contributed by atoms with E-state index in [4.69, 9.17) is 4.74 Å². The predicted octanol–water partition coefficient (Wildman–Crippen LogP) is 3.97. The molecule has 0 bridgehead atoms. The van der Waals surface area contributed by atoms with E-state index in [1.165, 1.54) is 5.56 Å². The van der Waals surface area contributed by atoms with Crippen molar-refractivity contribution in [3.05, 3.63) is 70.3 Å². The summed E-state index contributed by atoms with van der Waals surface area (Å²) in [7, 11) is 0. The number of benzene rings is 2. The van der Waals surface area contributed by atoms with Gasteiger partial charge in [0.05, 0.1) is 5.56 Å². The van der Waals surface area contributed by atoms with Gasteiger partial charge in [0.15, 0.2) is 0 Å². The van der Waals surface area contributed by atoms with Gasteiger partial charge in [-0.2, -0.15) is 0 Å². The fraction of sp³-hybridized carbons (Fsp3) is 0.118. The van der Waals surface area contributed by atoms with Gasteiger partial charge < -0.3 is 4.74 Å². The van der Waals surface area contributed by atoms with Crippen LogP contribution < -0.4 is 0 Å². The SMILES string of the molecule is Cc1ccc(C=C2OC(=O)c3cc(C)ccc32)cc1. The van der Waals surface area contributed by atoms with E-state index in [9.17, 15) is 4.79 Å². The maximum atomic E-state index is 11.8. The molecule has 0 aliphatic carbocycles. The maximum absolute atomic E-state index is 11.8. The largest absolute Gasteiger partial charge is 0.422 e. The van der Waals surface area contributed by atoms with E-state index in [0.717, 1.165) is 16.7 Å². The molecule has 1 heterocycles. The predicted molar refractivity (Wildman–Crippen MR) is 75.6 cm³/mol. The fourth-order valence-corrected chi connectivity index (χ4v) is 2.17.